The summed E-state index contributed by atoms with van der Waals surface area (Å²) in [4.78, 5) is 13.7. The summed E-state index contributed by atoms with van der Waals surface area (Å²) in [5.74, 6) is 0. The predicted octanol–water partition coefficient (Wildman–Crippen LogP) is 2.81. The Labute approximate surface area is 104 Å². The van der Waals surface area contributed by atoms with Crippen molar-refractivity contribution in [3.63, 3.8) is 0 Å². The normalized spacial score (nSPS) is 24.4. The lowest BCUT2D eigenvalue weighted by molar-refractivity contribution is -0.0807. The first-order valence-corrected chi connectivity index (χ1v) is 6.26. The van der Waals surface area contributed by atoms with Gasteiger partial charge in [-0.25, -0.2) is 4.79 Å². The first-order chi connectivity index (χ1) is 7.69. The lowest BCUT2D eigenvalue weighted by atomic mass is 9.79. The Balaban J connectivity index is 2.68. The zero-order valence-electron chi connectivity index (χ0n) is 11.9. The zero-order valence-corrected chi connectivity index (χ0v) is 11.9. The van der Waals surface area contributed by atoms with E-state index in [1.807, 2.05) is 0 Å². The van der Waals surface area contributed by atoms with Crippen LogP contribution in [0.5, 0.6) is 0 Å². The second-order valence-electron chi connectivity index (χ2n) is 6.02. The van der Waals surface area contributed by atoms with Gasteiger partial charge in [0.25, 0.3) is 0 Å². The molecule has 1 rings (SSSR count). The maximum atomic E-state index is 11.4. The average Bonchev–Trinajstić information content (AvgIpc) is 2.13. The summed E-state index contributed by atoms with van der Waals surface area (Å²) in [5, 5.41) is 0. The summed E-state index contributed by atoms with van der Waals surface area (Å²) in [6, 6.07) is 0. The molecule has 0 saturated carbocycles. The number of rotatable bonds is 2. The minimum atomic E-state index is -0.548. The van der Waals surface area contributed by atoms with Crippen LogP contribution in [0.2, 0.25) is 0 Å². The molecule has 4 nitrogen and oxygen atoms in total. The molecule has 0 aromatic heterocycles. The molecule has 1 aliphatic rings. The standard InChI is InChI=1S/C13H25NO3/c1-7-16-11(15)17-10-8-12(2,3)14(6)13(4,5)9-10/h10H,7-9H2,1-6H3. The lowest BCUT2D eigenvalue weighted by Gasteiger charge is -2.52. The third-order valence-electron chi connectivity index (χ3n) is 3.80. The number of piperidine rings is 1. The maximum Gasteiger partial charge on any atom is 0.508 e. The van der Waals surface area contributed by atoms with Crippen molar-refractivity contribution in [2.45, 2.75) is 64.6 Å². The van der Waals surface area contributed by atoms with Gasteiger partial charge in [-0.3, -0.25) is 4.90 Å². The maximum absolute atomic E-state index is 11.4. The van der Waals surface area contributed by atoms with Crippen LogP contribution in [-0.4, -0.2) is 41.9 Å². The molecule has 0 atom stereocenters. The average molecular weight is 243 g/mol. The van der Waals surface area contributed by atoms with E-state index in [4.69, 9.17) is 9.47 Å². The summed E-state index contributed by atoms with van der Waals surface area (Å²) in [6.45, 7) is 10.8. The van der Waals surface area contributed by atoms with E-state index in [-0.39, 0.29) is 17.2 Å². The first-order valence-electron chi connectivity index (χ1n) is 6.26. The SMILES string of the molecule is CCOC(=O)OC1CC(C)(C)N(C)C(C)(C)C1. The van der Waals surface area contributed by atoms with Crippen molar-refractivity contribution < 1.29 is 14.3 Å². The van der Waals surface area contributed by atoms with Crippen molar-refractivity contribution in [1.29, 1.82) is 0 Å². The Morgan fingerprint density at radius 2 is 1.71 bits per heavy atom. The molecule has 1 heterocycles. The van der Waals surface area contributed by atoms with Gasteiger partial charge in [-0.2, -0.15) is 0 Å². The van der Waals surface area contributed by atoms with Gasteiger partial charge in [-0.05, 0) is 41.7 Å². The van der Waals surface area contributed by atoms with Gasteiger partial charge in [0.2, 0.25) is 0 Å². The smallest absolute Gasteiger partial charge is 0.435 e. The van der Waals surface area contributed by atoms with E-state index in [1.54, 1.807) is 6.92 Å². The summed E-state index contributed by atoms with van der Waals surface area (Å²) < 4.78 is 10.2. The molecular formula is C13H25NO3. The zero-order chi connectivity index (χ0) is 13.3. The molecule has 0 bridgehead atoms. The topological polar surface area (TPSA) is 38.8 Å². The van der Waals surface area contributed by atoms with Gasteiger partial charge in [0.15, 0.2) is 0 Å². The third-order valence-corrected chi connectivity index (χ3v) is 3.80. The number of carbonyl (C=O) groups is 1. The highest BCUT2D eigenvalue weighted by molar-refractivity contribution is 5.60. The summed E-state index contributed by atoms with van der Waals surface area (Å²) >= 11 is 0. The van der Waals surface area contributed by atoms with Crippen molar-refractivity contribution in [1.82, 2.24) is 4.90 Å². The number of hydrogen-bond donors (Lipinski definition) is 0. The Hall–Kier alpha value is -0.770. The number of hydrogen-bond acceptors (Lipinski definition) is 4. The molecule has 0 amide bonds. The number of nitrogens with zero attached hydrogens (tertiary/aromatic N) is 1. The van der Waals surface area contributed by atoms with Gasteiger partial charge in [-0.15, -0.1) is 0 Å². The molecule has 0 unspecified atom stereocenters. The molecule has 1 aliphatic heterocycles. The second-order valence-corrected chi connectivity index (χ2v) is 6.02. The van der Waals surface area contributed by atoms with Crippen LogP contribution >= 0.6 is 0 Å². The first kappa shape index (κ1) is 14.3. The third kappa shape index (κ3) is 3.35. The van der Waals surface area contributed by atoms with E-state index in [0.29, 0.717) is 6.61 Å². The van der Waals surface area contributed by atoms with E-state index in [1.165, 1.54) is 0 Å². The molecule has 1 fully saturated rings. The second kappa shape index (κ2) is 4.84. The summed E-state index contributed by atoms with van der Waals surface area (Å²) in [5.41, 5.74) is 0.0534. The van der Waals surface area contributed by atoms with Crippen LogP contribution in [0.15, 0.2) is 0 Å². The molecule has 0 aliphatic carbocycles. The van der Waals surface area contributed by atoms with E-state index in [2.05, 4.69) is 39.6 Å². The molecule has 4 heteroatoms. The van der Waals surface area contributed by atoms with E-state index in [0.717, 1.165) is 12.8 Å². The largest absolute Gasteiger partial charge is 0.508 e. The fourth-order valence-electron chi connectivity index (χ4n) is 2.65. The molecule has 100 valence electrons. The van der Waals surface area contributed by atoms with E-state index < -0.39 is 6.16 Å². The van der Waals surface area contributed by atoms with Gasteiger partial charge in [0, 0.05) is 23.9 Å². The lowest BCUT2D eigenvalue weighted by Crippen LogP contribution is -2.60. The van der Waals surface area contributed by atoms with Crippen LogP contribution in [0.3, 0.4) is 0 Å². The number of carbonyl (C=O) groups excluding carboxylic acids is 1. The van der Waals surface area contributed by atoms with Crippen molar-refractivity contribution in [2.75, 3.05) is 13.7 Å². The Morgan fingerprint density at radius 3 is 2.12 bits per heavy atom. The number of ether oxygens (including phenoxy) is 2. The van der Waals surface area contributed by atoms with Gasteiger partial charge in [-0.1, -0.05) is 0 Å². The molecule has 17 heavy (non-hydrogen) atoms. The Morgan fingerprint density at radius 1 is 1.24 bits per heavy atom. The van der Waals surface area contributed by atoms with Crippen LogP contribution in [0, 0.1) is 0 Å². The van der Waals surface area contributed by atoms with Gasteiger partial charge >= 0.3 is 6.16 Å². The highest BCUT2D eigenvalue weighted by atomic mass is 16.7. The Bertz CT molecular complexity index is 268. The quantitative estimate of drug-likeness (QED) is 0.699. The van der Waals surface area contributed by atoms with E-state index in [9.17, 15) is 4.79 Å². The highest BCUT2D eigenvalue weighted by Crippen LogP contribution is 2.38. The fraction of sp³-hybridized carbons (Fsp3) is 0.923. The van der Waals surface area contributed by atoms with Crippen molar-refractivity contribution in [2.24, 2.45) is 0 Å². The van der Waals surface area contributed by atoms with Crippen LogP contribution in [0.1, 0.15) is 47.5 Å². The van der Waals surface area contributed by atoms with Crippen LogP contribution in [0.25, 0.3) is 0 Å². The van der Waals surface area contributed by atoms with E-state index >= 15 is 0 Å². The van der Waals surface area contributed by atoms with Gasteiger partial charge in [0.05, 0.1) is 6.61 Å². The van der Waals surface area contributed by atoms with Gasteiger partial charge in [0.1, 0.15) is 6.10 Å². The van der Waals surface area contributed by atoms with Crippen LogP contribution < -0.4 is 0 Å². The molecule has 0 aromatic carbocycles. The molecule has 0 radical (unpaired) electrons. The summed E-state index contributed by atoms with van der Waals surface area (Å²) in [7, 11) is 2.13. The molecule has 0 N–H and O–H groups in total. The van der Waals surface area contributed by atoms with Crippen molar-refractivity contribution in [3.8, 4) is 0 Å². The minimum absolute atomic E-state index is 0.0267. The Kier molecular flexibility index (Phi) is 4.07. The molecule has 1 saturated heterocycles. The molecular weight excluding hydrogens is 218 g/mol. The predicted molar refractivity (Wildman–Crippen MR) is 67.1 cm³/mol. The van der Waals surface area contributed by atoms with Crippen molar-refractivity contribution in [3.05, 3.63) is 0 Å². The van der Waals surface area contributed by atoms with Crippen molar-refractivity contribution >= 4 is 6.16 Å². The fourth-order valence-corrected chi connectivity index (χ4v) is 2.65. The summed E-state index contributed by atoms with van der Waals surface area (Å²) in [6.07, 6.45) is 1.07. The number of likely N-dealkylation sites (tertiary alicyclic amines) is 1. The highest BCUT2D eigenvalue weighted by Gasteiger charge is 2.44. The molecule has 0 spiro atoms. The van der Waals surface area contributed by atoms with Crippen LogP contribution in [0.4, 0.5) is 4.79 Å². The van der Waals surface area contributed by atoms with Gasteiger partial charge < -0.3 is 9.47 Å². The molecule has 0 aromatic rings. The van der Waals surface area contributed by atoms with Crippen LogP contribution in [-0.2, 0) is 9.47 Å². The monoisotopic (exact) mass is 243 g/mol. The minimum Gasteiger partial charge on any atom is -0.435 e.